The maximum Gasteiger partial charge on any atom is 0.271 e. The number of primary amides is 1. The van der Waals surface area contributed by atoms with Gasteiger partial charge >= 0.3 is 0 Å². The summed E-state index contributed by atoms with van der Waals surface area (Å²) in [6, 6.07) is 10.7. The van der Waals surface area contributed by atoms with Crippen LogP contribution in [0.5, 0.6) is 0 Å². The minimum atomic E-state index is -0.714. The van der Waals surface area contributed by atoms with Gasteiger partial charge in [0, 0.05) is 10.9 Å². The topological polar surface area (TPSA) is 147 Å². The number of nitrogens with two attached hydrogens (primary N) is 4. The van der Waals surface area contributed by atoms with E-state index in [9.17, 15) is 4.79 Å². The number of nitrogen functional groups attached to an aromatic ring is 3. The summed E-state index contributed by atoms with van der Waals surface area (Å²) in [6.45, 7) is 0. The van der Waals surface area contributed by atoms with E-state index in [1.807, 2.05) is 18.2 Å². The molecule has 8 N–H and O–H groups in total. The van der Waals surface area contributed by atoms with Gasteiger partial charge in [0.2, 0.25) is 0 Å². The molecule has 0 unspecified atom stereocenters. The Morgan fingerprint density at radius 2 is 1.73 bits per heavy atom. The Morgan fingerprint density at radius 3 is 2.41 bits per heavy atom. The second kappa shape index (κ2) is 4.88. The summed E-state index contributed by atoms with van der Waals surface area (Å²) in [5.74, 6) is -0.714. The molecule has 0 aliphatic carbocycles. The third-order valence-electron chi connectivity index (χ3n) is 3.46. The third kappa shape index (κ3) is 2.05. The molecular formula is C15H14N6O. The Morgan fingerprint density at radius 1 is 0.955 bits per heavy atom. The minimum Gasteiger partial charge on any atom is -0.397 e. The lowest BCUT2D eigenvalue weighted by molar-refractivity contribution is 0.0996. The number of hydrogen-bond acceptors (Lipinski definition) is 6. The molecule has 0 aliphatic heterocycles. The first-order valence-corrected chi connectivity index (χ1v) is 6.49. The number of aromatic nitrogens is 2. The second-order valence-corrected chi connectivity index (χ2v) is 4.87. The van der Waals surface area contributed by atoms with Crippen LogP contribution in [-0.4, -0.2) is 16.1 Å². The number of anilines is 3. The summed E-state index contributed by atoms with van der Waals surface area (Å²) in [6.07, 6.45) is 0. The van der Waals surface area contributed by atoms with Crippen molar-refractivity contribution in [2.45, 2.75) is 0 Å². The van der Waals surface area contributed by atoms with Crippen LogP contribution >= 0.6 is 0 Å². The van der Waals surface area contributed by atoms with E-state index < -0.39 is 5.91 Å². The summed E-state index contributed by atoms with van der Waals surface area (Å²) in [5.41, 5.74) is 26.1. The molecule has 0 bridgehead atoms. The quantitative estimate of drug-likeness (QED) is 0.521. The highest BCUT2D eigenvalue weighted by molar-refractivity contribution is 6.07. The van der Waals surface area contributed by atoms with E-state index in [0.29, 0.717) is 22.3 Å². The summed E-state index contributed by atoms with van der Waals surface area (Å²) >= 11 is 0. The van der Waals surface area contributed by atoms with Crippen LogP contribution in [0, 0.1) is 0 Å². The lowest BCUT2D eigenvalue weighted by atomic mass is 10.0. The fraction of sp³-hybridized carbons (Fsp3) is 0. The maximum atomic E-state index is 11.3. The van der Waals surface area contributed by atoms with Crippen molar-refractivity contribution < 1.29 is 4.79 Å². The van der Waals surface area contributed by atoms with Crippen LogP contribution in [0.4, 0.5) is 17.1 Å². The molecule has 0 saturated heterocycles. The van der Waals surface area contributed by atoms with Gasteiger partial charge in [0.1, 0.15) is 5.52 Å². The van der Waals surface area contributed by atoms with Crippen LogP contribution < -0.4 is 22.9 Å². The summed E-state index contributed by atoms with van der Waals surface area (Å²) in [4.78, 5) is 11.3. The number of nitrogens with zero attached hydrogens (tertiary/aromatic N) is 2. The summed E-state index contributed by atoms with van der Waals surface area (Å²) < 4.78 is 0. The van der Waals surface area contributed by atoms with E-state index in [1.165, 1.54) is 0 Å². The van der Waals surface area contributed by atoms with Crippen molar-refractivity contribution in [2.75, 3.05) is 17.2 Å². The number of hydrogen-bond donors (Lipinski definition) is 4. The Balaban J connectivity index is 2.29. The van der Waals surface area contributed by atoms with E-state index in [0.717, 1.165) is 11.1 Å². The van der Waals surface area contributed by atoms with Crippen LogP contribution in [0.25, 0.3) is 22.0 Å². The normalized spacial score (nSPS) is 10.7. The number of carbonyl (C=O) groups is 1. The molecule has 2 aromatic carbocycles. The number of fused-ring (bicyclic) bond motifs is 1. The summed E-state index contributed by atoms with van der Waals surface area (Å²) in [5, 5.41) is 8.52. The summed E-state index contributed by atoms with van der Waals surface area (Å²) in [7, 11) is 0. The van der Waals surface area contributed by atoms with Crippen LogP contribution in [0.1, 0.15) is 10.5 Å². The molecule has 0 atom stereocenters. The predicted molar refractivity (Wildman–Crippen MR) is 86.7 cm³/mol. The van der Waals surface area contributed by atoms with Gasteiger partial charge < -0.3 is 22.9 Å². The zero-order chi connectivity index (χ0) is 15.9. The van der Waals surface area contributed by atoms with E-state index >= 15 is 0 Å². The molecule has 22 heavy (non-hydrogen) atoms. The van der Waals surface area contributed by atoms with Gasteiger partial charge in [-0.2, -0.15) is 0 Å². The zero-order valence-electron chi connectivity index (χ0n) is 11.6. The molecule has 0 radical (unpaired) electrons. The van der Waals surface area contributed by atoms with Gasteiger partial charge in [0.05, 0.1) is 17.1 Å². The predicted octanol–water partition coefficient (Wildman–Crippen LogP) is 1.14. The molecule has 0 saturated carbocycles. The van der Waals surface area contributed by atoms with Gasteiger partial charge in [0.15, 0.2) is 5.69 Å². The molecule has 1 aromatic heterocycles. The second-order valence-electron chi connectivity index (χ2n) is 4.87. The largest absolute Gasteiger partial charge is 0.397 e. The van der Waals surface area contributed by atoms with E-state index in [4.69, 9.17) is 22.9 Å². The number of benzene rings is 2. The lowest BCUT2D eigenvalue weighted by Gasteiger charge is -2.10. The van der Waals surface area contributed by atoms with Crippen LogP contribution in [0.2, 0.25) is 0 Å². The van der Waals surface area contributed by atoms with Gasteiger partial charge in [0.25, 0.3) is 5.91 Å². The first-order chi connectivity index (χ1) is 10.5. The molecule has 0 spiro atoms. The molecule has 1 heterocycles. The first-order valence-electron chi connectivity index (χ1n) is 6.49. The molecule has 3 aromatic rings. The Bertz CT molecular complexity index is 906. The van der Waals surface area contributed by atoms with Crippen molar-refractivity contribution in [1.82, 2.24) is 10.2 Å². The Labute approximate surface area is 125 Å². The molecule has 7 heteroatoms. The first kappa shape index (κ1) is 13.6. The van der Waals surface area contributed by atoms with Crippen molar-refractivity contribution in [3.63, 3.8) is 0 Å². The van der Waals surface area contributed by atoms with Gasteiger partial charge in [-0.25, -0.2) is 0 Å². The lowest BCUT2D eigenvalue weighted by Crippen LogP contribution is -2.16. The highest BCUT2D eigenvalue weighted by Gasteiger charge is 2.15. The van der Waals surface area contributed by atoms with Crippen molar-refractivity contribution >= 4 is 33.9 Å². The number of rotatable bonds is 2. The van der Waals surface area contributed by atoms with Gasteiger partial charge in [-0.05, 0) is 17.7 Å². The van der Waals surface area contributed by atoms with E-state index in [-0.39, 0.29) is 11.4 Å². The zero-order valence-corrected chi connectivity index (χ0v) is 11.6. The molecule has 3 rings (SSSR count). The van der Waals surface area contributed by atoms with Crippen molar-refractivity contribution in [3.8, 4) is 11.1 Å². The molecule has 0 fully saturated rings. The third-order valence-corrected chi connectivity index (χ3v) is 3.46. The Hall–Kier alpha value is -3.35. The van der Waals surface area contributed by atoms with Crippen LogP contribution in [-0.2, 0) is 0 Å². The average molecular weight is 294 g/mol. The molecule has 110 valence electrons. The van der Waals surface area contributed by atoms with Gasteiger partial charge in [-0.15, -0.1) is 10.2 Å². The highest BCUT2D eigenvalue weighted by atomic mass is 16.1. The molecule has 7 nitrogen and oxygen atoms in total. The van der Waals surface area contributed by atoms with Crippen LogP contribution in [0.15, 0.2) is 36.4 Å². The highest BCUT2D eigenvalue weighted by Crippen LogP contribution is 2.32. The van der Waals surface area contributed by atoms with E-state index in [1.54, 1.807) is 18.2 Å². The molecule has 0 aliphatic rings. The smallest absolute Gasteiger partial charge is 0.271 e. The monoisotopic (exact) mass is 294 g/mol. The molecular weight excluding hydrogens is 280 g/mol. The van der Waals surface area contributed by atoms with Crippen LogP contribution in [0.3, 0.4) is 0 Å². The minimum absolute atomic E-state index is 0.0403. The van der Waals surface area contributed by atoms with E-state index in [2.05, 4.69) is 10.2 Å². The van der Waals surface area contributed by atoms with Crippen molar-refractivity contribution in [3.05, 3.63) is 42.1 Å². The van der Waals surface area contributed by atoms with Gasteiger partial charge in [-0.3, -0.25) is 4.79 Å². The number of carbonyl (C=O) groups excluding carboxylic acids is 1. The fourth-order valence-electron chi connectivity index (χ4n) is 2.31. The fourth-order valence-corrected chi connectivity index (χ4v) is 2.31. The SMILES string of the molecule is NC(=O)c1nnc2c(-c3ccc(N)c(N)c3)cccc2c1N. The standard InChI is InChI=1S/C15H14N6O/c16-10-5-4-7(6-11(10)17)8-2-1-3-9-12(18)14(15(19)22)21-20-13(8)9/h1-6H,16-17H2,(H2,18,20)(H2,19,22). The average Bonchev–Trinajstić information content (AvgIpc) is 2.50. The Kier molecular flexibility index (Phi) is 3.03. The van der Waals surface area contributed by atoms with Gasteiger partial charge in [-0.1, -0.05) is 24.3 Å². The molecule has 1 amide bonds. The van der Waals surface area contributed by atoms with Crippen molar-refractivity contribution in [2.24, 2.45) is 5.73 Å². The van der Waals surface area contributed by atoms with Crippen molar-refractivity contribution in [1.29, 1.82) is 0 Å². The maximum absolute atomic E-state index is 11.3. The number of amides is 1.